The Labute approximate surface area is 66.0 Å². The van der Waals surface area contributed by atoms with Crippen molar-refractivity contribution in [2.75, 3.05) is 0 Å². The molecule has 1 atom stereocenters. The normalized spacial score (nSPS) is 15.3. The van der Waals surface area contributed by atoms with E-state index in [0.717, 1.165) is 6.42 Å². The van der Waals surface area contributed by atoms with Gasteiger partial charge in [0, 0.05) is 14.1 Å². The first-order chi connectivity index (χ1) is 4.45. The number of nitrogens with two attached hydrogens (primary N) is 1. The molecule has 0 saturated heterocycles. The lowest BCUT2D eigenvalue weighted by atomic mass is 10.2. The summed E-state index contributed by atoms with van der Waals surface area (Å²) in [4.78, 5) is 0. The zero-order valence-electron chi connectivity index (χ0n) is 7.78. The molecule has 0 fully saturated rings. The van der Waals surface area contributed by atoms with Crippen LogP contribution in [0.1, 0.15) is 19.8 Å². The Morgan fingerprint density at radius 3 is 2.10 bits per heavy atom. The minimum atomic E-state index is -0.816. The molecular weight excluding hydrogens is 138 g/mol. The molecule has 0 aromatic carbocycles. The molecule has 62 valence electrons. The van der Waals surface area contributed by atoms with Crippen molar-refractivity contribution in [3.05, 3.63) is 0 Å². The van der Waals surface area contributed by atoms with Gasteiger partial charge in [0.1, 0.15) is 0 Å². The fraction of sp³-hybridized carbons (Fsp3) is 1.00. The maximum absolute atomic E-state index is 5.80. The summed E-state index contributed by atoms with van der Waals surface area (Å²) in [6.07, 6.45) is 2.36. The third-order valence-corrected chi connectivity index (χ3v) is 3.58. The van der Waals surface area contributed by atoms with Crippen LogP contribution in [0, 0.1) is 0 Å². The third-order valence-electron chi connectivity index (χ3n) is 1.79. The molecule has 0 spiro atoms. The molecule has 0 bridgehead atoms. The van der Waals surface area contributed by atoms with Gasteiger partial charge in [0.25, 0.3) is 0 Å². The van der Waals surface area contributed by atoms with E-state index in [0.29, 0.717) is 6.04 Å². The van der Waals surface area contributed by atoms with Gasteiger partial charge in [-0.1, -0.05) is 32.6 Å². The van der Waals surface area contributed by atoms with Gasteiger partial charge in [-0.2, -0.15) is 0 Å². The first-order valence-electron chi connectivity index (χ1n) is 4.21. The van der Waals surface area contributed by atoms with E-state index in [-0.39, 0.29) is 0 Å². The lowest BCUT2D eigenvalue weighted by molar-refractivity contribution is 0.624. The fourth-order valence-electron chi connectivity index (χ4n) is 0.823. The highest BCUT2D eigenvalue weighted by Gasteiger charge is 2.13. The predicted molar refractivity (Wildman–Crippen MR) is 51.0 cm³/mol. The second kappa shape index (κ2) is 4.14. The summed E-state index contributed by atoms with van der Waals surface area (Å²) in [6, 6.07) is 1.83. The largest absolute Gasteiger partial charge is 0.328 e. The molecule has 0 rings (SSSR count). The molecule has 0 aromatic heterocycles. The highest BCUT2D eigenvalue weighted by atomic mass is 28.3. The lowest BCUT2D eigenvalue weighted by Gasteiger charge is -2.17. The highest BCUT2D eigenvalue weighted by Crippen LogP contribution is 2.12. The summed E-state index contributed by atoms with van der Waals surface area (Å²) in [5.41, 5.74) is 5.80. The summed E-state index contributed by atoms with van der Waals surface area (Å²) in [7, 11) is -0.816. The van der Waals surface area contributed by atoms with E-state index in [4.69, 9.17) is 5.73 Å². The summed E-state index contributed by atoms with van der Waals surface area (Å²) in [5.74, 6) is 0. The standard InChI is InChI=1S/C8H21NSi/c1-5-8(9)6-7-10(2,3)4/h8H,5-7,9H2,1-4H3. The second-order valence-corrected chi connectivity index (χ2v) is 9.89. The van der Waals surface area contributed by atoms with Gasteiger partial charge in [-0.3, -0.25) is 0 Å². The fourth-order valence-corrected chi connectivity index (χ4v) is 2.06. The van der Waals surface area contributed by atoms with E-state index in [2.05, 4.69) is 26.6 Å². The molecular formula is C8H21NSi. The highest BCUT2D eigenvalue weighted by molar-refractivity contribution is 6.76. The van der Waals surface area contributed by atoms with Crippen LogP contribution in [0.5, 0.6) is 0 Å². The lowest BCUT2D eigenvalue weighted by Crippen LogP contribution is -2.25. The molecule has 0 aliphatic rings. The van der Waals surface area contributed by atoms with Crippen LogP contribution in [0.15, 0.2) is 0 Å². The van der Waals surface area contributed by atoms with Gasteiger partial charge in [0.05, 0.1) is 0 Å². The summed E-state index contributed by atoms with van der Waals surface area (Å²) in [6.45, 7) is 9.36. The summed E-state index contributed by atoms with van der Waals surface area (Å²) < 4.78 is 0. The van der Waals surface area contributed by atoms with Crippen LogP contribution < -0.4 is 5.73 Å². The van der Waals surface area contributed by atoms with Crippen LogP contribution in [0.3, 0.4) is 0 Å². The molecule has 0 aromatic rings. The van der Waals surface area contributed by atoms with E-state index in [1.165, 1.54) is 12.5 Å². The smallest absolute Gasteiger partial charge is 0.0443 e. The van der Waals surface area contributed by atoms with E-state index < -0.39 is 8.07 Å². The van der Waals surface area contributed by atoms with Crippen molar-refractivity contribution in [1.29, 1.82) is 0 Å². The predicted octanol–water partition coefficient (Wildman–Crippen LogP) is 2.45. The van der Waals surface area contributed by atoms with Crippen molar-refractivity contribution in [3.8, 4) is 0 Å². The van der Waals surface area contributed by atoms with Gasteiger partial charge in [-0.15, -0.1) is 0 Å². The van der Waals surface area contributed by atoms with Crippen molar-refractivity contribution in [2.24, 2.45) is 5.73 Å². The molecule has 2 N–H and O–H groups in total. The summed E-state index contributed by atoms with van der Waals surface area (Å²) >= 11 is 0. The zero-order valence-corrected chi connectivity index (χ0v) is 8.78. The first-order valence-corrected chi connectivity index (χ1v) is 7.92. The average molecular weight is 159 g/mol. The van der Waals surface area contributed by atoms with Gasteiger partial charge in [-0.05, 0) is 12.8 Å². The maximum atomic E-state index is 5.80. The third kappa shape index (κ3) is 6.30. The quantitative estimate of drug-likeness (QED) is 0.627. The van der Waals surface area contributed by atoms with Crippen LogP contribution in [0.2, 0.25) is 25.7 Å². The van der Waals surface area contributed by atoms with Crippen molar-refractivity contribution in [2.45, 2.75) is 51.5 Å². The summed E-state index contributed by atoms with van der Waals surface area (Å²) in [5, 5.41) is 0. The molecule has 0 aliphatic heterocycles. The topological polar surface area (TPSA) is 26.0 Å². The van der Waals surface area contributed by atoms with Crippen molar-refractivity contribution >= 4 is 8.07 Å². The second-order valence-electron chi connectivity index (χ2n) is 4.27. The minimum absolute atomic E-state index is 0.451. The van der Waals surface area contributed by atoms with Gasteiger partial charge in [0.2, 0.25) is 0 Å². The van der Waals surface area contributed by atoms with Crippen LogP contribution >= 0.6 is 0 Å². The van der Waals surface area contributed by atoms with Crippen LogP contribution in [0.25, 0.3) is 0 Å². The maximum Gasteiger partial charge on any atom is 0.0443 e. The van der Waals surface area contributed by atoms with Gasteiger partial charge >= 0.3 is 0 Å². The SMILES string of the molecule is CCC(N)CC[Si](C)(C)C. The molecule has 0 aliphatic carbocycles. The molecule has 0 radical (unpaired) electrons. The first kappa shape index (κ1) is 10.2. The van der Waals surface area contributed by atoms with Gasteiger partial charge < -0.3 is 5.73 Å². The Hall–Kier alpha value is 0.177. The zero-order chi connectivity index (χ0) is 8.20. The van der Waals surface area contributed by atoms with Crippen molar-refractivity contribution < 1.29 is 0 Å². The van der Waals surface area contributed by atoms with Crippen LogP contribution in [-0.2, 0) is 0 Å². The minimum Gasteiger partial charge on any atom is -0.328 e. The van der Waals surface area contributed by atoms with E-state index >= 15 is 0 Å². The Balaban J connectivity index is 3.36. The van der Waals surface area contributed by atoms with Crippen molar-refractivity contribution in [1.82, 2.24) is 0 Å². The molecule has 2 heteroatoms. The number of hydrogen-bond donors (Lipinski definition) is 1. The molecule has 0 amide bonds. The van der Waals surface area contributed by atoms with E-state index in [1.807, 2.05) is 0 Å². The molecule has 1 nitrogen and oxygen atoms in total. The van der Waals surface area contributed by atoms with Gasteiger partial charge in [-0.25, -0.2) is 0 Å². The van der Waals surface area contributed by atoms with E-state index in [1.54, 1.807) is 0 Å². The molecule has 10 heavy (non-hydrogen) atoms. The molecule has 1 unspecified atom stereocenters. The monoisotopic (exact) mass is 159 g/mol. The van der Waals surface area contributed by atoms with E-state index in [9.17, 15) is 0 Å². The average Bonchev–Trinajstić information content (AvgIpc) is 1.81. The van der Waals surface area contributed by atoms with Crippen LogP contribution in [0.4, 0.5) is 0 Å². The van der Waals surface area contributed by atoms with Crippen molar-refractivity contribution in [3.63, 3.8) is 0 Å². The van der Waals surface area contributed by atoms with Gasteiger partial charge in [0.15, 0.2) is 0 Å². The Bertz CT molecular complexity index is 85.7. The molecule has 0 heterocycles. The molecule has 0 saturated carbocycles. The Morgan fingerprint density at radius 2 is 1.80 bits per heavy atom. The number of rotatable bonds is 4. The Kier molecular flexibility index (Phi) is 4.21. The Morgan fingerprint density at radius 1 is 1.30 bits per heavy atom. The number of hydrogen-bond acceptors (Lipinski definition) is 1. The van der Waals surface area contributed by atoms with Crippen LogP contribution in [-0.4, -0.2) is 14.1 Å².